The third-order valence-corrected chi connectivity index (χ3v) is 15.5. The van der Waals surface area contributed by atoms with Crippen LogP contribution in [0.5, 0.6) is 0 Å². The molecule has 0 radical (unpaired) electrons. The van der Waals surface area contributed by atoms with E-state index >= 15 is 0 Å². The van der Waals surface area contributed by atoms with Gasteiger partial charge in [0, 0.05) is 19.3 Å². The Morgan fingerprint density at radius 1 is 0.266 bits per heavy atom. The van der Waals surface area contributed by atoms with Crippen LogP contribution in [-0.4, -0.2) is 37.2 Å². The number of hydrogen-bond donors (Lipinski definition) is 0. The summed E-state index contributed by atoms with van der Waals surface area (Å²) >= 11 is 0. The normalized spacial score (nSPS) is 12.4. The van der Waals surface area contributed by atoms with Gasteiger partial charge in [-0.15, -0.1) is 0 Å². The summed E-state index contributed by atoms with van der Waals surface area (Å²) in [4.78, 5) is 38.4. The molecule has 0 aliphatic rings. The van der Waals surface area contributed by atoms with Gasteiger partial charge < -0.3 is 14.2 Å². The Hall–Kier alpha value is -2.89. The number of hydrogen-bond acceptors (Lipinski definition) is 6. The van der Waals surface area contributed by atoms with E-state index in [-0.39, 0.29) is 31.1 Å². The molecule has 0 aromatic carbocycles. The first-order valence-electron chi connectivity index (χ1n) is 34.8. The maximum absolute atomic E-state index is 12.9. The number of rotatable bonds is 64. The predicted octanol–water partition coefficient (Wildman–Crippen LogP) is 23.9. The van der Waals surface area contributed by atoms with Crippen LogP contribution in [0.3, 0.4) is 0 Å². The van der Waals surface area contributed by atoms with Gasteiger partial charge in [0.15, 0.2) is 6.10 Å². The standard InChI is InChI=1S/C73H132O6/c1-4-7-10-13-16-19-22-25-28-30-32-33-34-35-36-37-38-39-40-41-42-44-45-48-51-54-57-60-63-66-72(75)78-69-70(68-77-71(74)65-62-59-56-53-50-47-27-24-21-18-15-12-9-6-3)79-73(76)67-64-61-58-55-52-49-46-43-31-29-26-23-20-17-14-11-8-5-2/h7,10,16,19,25,28-29,31-33,70H,4-6,8-9,11-15,17-18,20-24,26-27,30,34-69H2,1-3H3/b10-7-,19-16-,28-25-,31-29-,33-32-. The zero-order valence-corrected chi connectivity index (χ0v) is 52.9. The Bertz CT molecular complexity index is 1410. The van der Waals surface area contributed by atoms with Crippen molar-refractivity contribution in [1.82, 2.24) is 0 Å². The second-order valence-corrected chi connectivity index (χ2v) is 23.4. The summed E-state index contributed by atoms with van der Waals surface area (Å²) in [6.45, 7) is 6.58. The van der Waals surface area contributed by atoms with Crippen molar-refractivity contribution in [2.75, 3.05) is 13.2 Å². The van der Waals surface area contributed by atoms with E-state index in [0.717, 1.165) is 83.5 Å². The molecule has 6 nitrogen and oxygen atoms in total. The Morgan fingerprint density at radius 3 is 0.785 bits per heavy atom. The second-order valence-electron chi connectivity index (χ2n) is 23.4. The molecule has 0 saturated heterocycles. The highest BCUT2D eigenvalue weighted by Gasteiger charge is 2.19. The van der Waals surface area contributed by atoms with Gasteiger partial charge in [0.25, 0.3) is 0 Å². The Labute approximate surface area is 491 Å². The number of ether oxygens (including phenoxy) is 3. The molecule has 0 amide bonds. The van der Waals surface area contributed by atoms with Crippen molar-refractivity contribution in [2.24, 2.45) is 0 Å². The molecule has 0 saturated carbocycles. The first kappa shape index (κ1) is 76.1. The smallest absolute Gasteiger partial charge is 0.306 e. The summed E-state index contributed by atoms with van der Waals surface area (Å²) in [6.07, 6.45) is 86.7. The van der Waals surface area contributed by atoms with Gasteiger partial charge in [0.05, 0.1) is 0 Å². The highest BCUT2D eigenvalue weighted by molar-refractivity contribution is 5.71. The van der Waals surface area contributed by atoms with Crippen LogP contribution in [0.15, 0.2) is 60.8 Å². The summed E-state index contributed by atoms with van der Waals surface area (Å²) in [5.74, 6) is -0.850. The largest absolute Gasteiger partial charge is 0.462 e. The lowest BCUT2D eigenvalue weighted by atomic mass is 10.0. The fourth-order valence-electron chi connectivity index (χ4n) is 10.3. The first-order chi connectivity index (χ1) is 39.0. The van der Waals surface area contributed by atoms with E-state index in [0.29, 0.717) is 19.3 Å². The summed E-state index contributed by atoms with van der Waals surface area (Å²) in [7, 11) is 0. The second kappa shape index (κ2) is 67.6. The van der Waals surface area contributed by atoms with Crippen molar-refractivity contribution in [2.45, 2.75) is 374 Å². The molecule has 79 heavy (non-hydrogen) atoms. The maximum atomic E-state index is 12.9. The predicted molar refractivity (Wildman–Crippen MR) is 344 cm³/mol. The average Bonchev–Trinajstić information content (AvgIpc) is 3.45. The molecule has 0 aromatic heterocycles. The van der Waals surface area contributed by atoms with Crippen LogP contribution >= 0.6 is 0 Å². The van der Waals surface area contributed by atoms with Gasteiger partial charge >= 0.3 is 17.9 Å². The van der Waals surface area contributed by atoms with Gasteiger partial charge in [-0.05, 0) is 83.5 Å². The number of unbranched alkanes of at least 4 members (excludes halogenated alkanes) is 43. The minimum Gasteiger partial charge on any atom is -0.462 e. The summed E-state index contributed by atoms with van der Waals surface area (Å²) in [5, 5.41) is 0. The van der Waals surface area contributed by atoms with E-state index in [1.54, 1.807) is 0 Å². The molecular weight excluding hydrogens is 973 g/mol. The molecule has 0 aliphatic heterocycles. The lowest BCUT2D eigenvalue weighted by Gasteiger charge is -2.18. The molecular formula is C73H132O6. The molecule has 460 valence electrons. The number of esters is 3. The third-order valence-electron chi connectivity index (χ3n) is 15.5. The molecule has 0 N–H and O–H groups in total. The molecule has 1 atom stereocenters. The quantitative estimate of drug-likeness (QED) is 0.0261. The van der Waals surface area contributed by atoms with E-state index in [9.17, 15) is 14.4 Å². The van der Waals surface area contributed by atoms with E-state index < -0.39 is 6.10 Å². The summed E-state index contributed by atoms with van der Waals surface area (Å²) in [6, 6.07) is 0. The number of allylic oxidation sites excluding steroid dienone is 10. The highest BCUT2D eigenvalue weighted by Crippen LogP contribution is 2.18. The molecule has 0 bridgehead atoms. The van der Waals surface area contributed by atoms with Crippen molar-refractivity contribution in [3.63, 3.8) is 0 Å². The fraction of sp³-hybridized carbons (Fsp3) is 0.822. The molecule has 0 rings (SSSR count). The van der Waals surface area contributed by atoms with Gasteiger partial charge in [0.1, 0.15) is 13.2 Å². The SMILES string of the molecule is CC/C=C\C/C=C\C/C=C\C/C=C\CCCCCCCCCCCCCCCCCCC(=O)OCC(COC(=O)CCCCCCCCCCCCCCCC)OC(=O)CCCCCCCCC/C=C\CCCCCCCCC. The van der Waals surface area contributed by atoms with Crippen LogP contribution in [0.2, 0.25) is 0 Å². The van der Waals surface area contributed by atoms with Crippen molar-refractivity contribution >= 4 is 17.9 Å². The minimum atomic E-state index is -0.774. The van der Waals surface area contributed by atoms with Crippen LogP contribution in [-0.2, 0) is 28.6 Å². The van der Waals surface area contributed by atoms with E-state index in [4.69, 9.17) is 14.2 Å². The third kappa shape index (κ3) is 65.8. The van der Waals surface area contributed by atoms with E-state index in [1.165, 1.54) is 244 Å². The molecule has 0 aromatic rings. The zero-order chi connectivity index (χ0) is 57.1. The highest BCUT2D eigenvalue weighted by atomic mass is 16.6. The van der Waals surface area contributed by atoms with Crippen LogP contribution in [0.4, 0.5) is 0 Å². The first-order valence-corrected chi connectivity index (χ1v) is 34.8. The van der Waals surface area contributed by atoms with Crippen molar-refractivity contribution < 1.29 is 28.6 Å². The Morgan fingerprint density at radius 2 is 0.494 bits per heavy atom. The molecule has 6 heteroatoms. The van der Waals surface area contributed by atoms with Gasteiger partial charge in [-0.2, -0.15) is 0 Å². The van der Waals surface area contributed by atoms with Crippen molar-refractivity contribution in [3.05, 3.63) is 60.8 Å². The summed E-state index contributed by atoms with van der Waals surface area (Å²) < 4.78 is 17.0. The van der Waals surface area contributed by atoms with Crippen molar-refractivity contribution in [1.29, 1.82) is 0 Å². The van der Waals surface area contributed by atoms with Crippen molar-refractivity contribution in [3.8, 4) is 0 Å². The summed E-state index contributed by atoms with van der Waals surface area (Å²) in [5.41, 5.74) is 0. The minimum absolute atomic E-state index is 0.0701. The van der Waals surface area contributed by atoms with E-state index in [1.807, 2.05) is 0 Å². The molecule has 0 fully saturated rings. The van der Waals surface area contributed by atoms with E-state index in [2.05, 4.69) is 81.5 Å². The number of carbonyl (C=O) groups excluding carboxylic acids is 3. The maximum Gasteiger partial charge on any atom is 0.306 e. The fourth-order valence-corrected chi connectivity index (χ4v) is 10.3. The molecule has 0 heterocycles. The number of carbonyl (C=O) groups is 3. The Kier molecular flexibility index (Phi) is 65.1. The van der Waals surface area contributed by atoms with Gasteiger partial charge in [0.2, 0.25) is 0 Å². The zero-order valence-electron chi connectivity index (χ0n) is 52.9. The molecule has 1 unspecified atom stereocenters. The van der Waals surface area contributed by atoms with Gasteiger partial charge in [-0.1, -0.05) is 326 Å². The van der Waals surface area contributed by atoms with Crippen LogP contribution < -0.4 is 0 Å². The lowest BCUT2D eigenvalue weighted by Crippen LogP contribution is -2.30. The van der Waals surface area contributed by atoms with Gasteiger partial charge in [-0.3, -0.25) is 14.4 Å². The van der Waals surface area contributed by atoms with Crippen LogP contribution in [0.25, 0.3) is 0 Å². The Balaban J connectivity index is 4.22. The lowest BCUT2D eigenvalue weighted by molar-refractivity contribution is -0.167. The van der Waals surface area contributed by atoms with Gasteiger partial charge in [-0.25, -0.2) is 0 Å². The van der Waals surface area contributed by atoms with Crippen LogP contribution in [0.1, 0.15) is 367 Å². The monoisotopic (exact) mass is 1110 g/mol. The topological polar surface area (TPSA) is 78.9 Å². The van der Waals surface area contributed by atoms with Crippen LogP contribution in [0, 0.1) is 0 Å². The molecule has 0 aliphatic carbocycles. The average molecular weight is 1110 g/mol. The molecule has 0 spiro atoms.